The van der Waals surface area contributed by atoms with Crippen LogP contribution in [0.5, 0.6) is 0 Å². The lowest BCUT2D eigenvalue weighted by atomic mass is 9.62. The van der Waals surface area contributed by atoms with Crippen LogP contribution in [0.15, 0.2) is 140 Å². The second kappa shape index (κ2) is 7.68. The van der Waals surface area contributed by atoms with Crippen LogP contribution in [0.25, 0.3) is 21.8 Å². The molecular formula is C34H23BN4. The van der Waals surface area contributed by atoms with Crippen LogP contribution in [0.2, 0.25) is 0 Å². The Labute approximate surface area is 226 Å². The Balaban J connectivity index is 1.46. The lowest BCUT2D eigenvalue weighted by molar-refractivity contribution is 1.04. The van der Waals surface area contributed by atoms with Gasteiger partial charge in [-0.2, -0.15) is 0 Å². The fourth-order valence-electron chi connectivity index (χ4n) is 6.69. The first-order valence-corrected chi connectivity index (χ1v) is 13.4. The highest BCUT2D eigenvalue weighted by Crippen LogP contribution is 2.48. The molecule has 0 atom stereocenters. The second-order valence-corrected chi connectivity index (χ2v) is 10.3. The van der Waals surface area contributed by atoms with Crippen molar-refractivity contribution < 1.29 is 0 Å². The minimum absolute atomic E-state index is 0.0269. The standard InChI is InChI=1S/C34H23BN4/c1-3-14-26(15-4-1)36-30-20-11-21-31-34(30)35(38-28-18-9-7-12-24(28)22-32(36)38)39-29-19-10-8-13-25(29)23-33(39)37(31)27-16-5-2-6-17-27/h1-23H. The van der Waals surface area contributed by atoms with E-state index in [-0.39, 0.29) is 6.98 Å². The zero-order chi connectivity index (χ0) is 25.5. The highest BCUT2D eigenvalue weighted by atomic mass is 15.3. The van der Waals surface area contributed by atoms with Gasteiger partial charge in [-0.25, -0.2) is 0 Å². The second-order valence-electron chi connectivity index (χ2n) is 10.3. The maximum absolute atomic E-state index is 2.53. The zero-order valence-corrected chi connectivity index (χ0v) is 21.1. The SMILES string of the molecule is c1ccc(N2c3cccc4c3B(n3c2cc2ccccc23)n2c(cc3ccccc32)N4c2ccccc2)cc1. The van der Waals surface area contributed by atoms with Gasteiger partial charge in [0, 0.05) is 50.0 Å². The van der Waals surface area contributed by atoms with Crippen LogP contribution < -0.4 is 15.3 Å². The minimum Gasteiger partial charge on any atom is -0.347 e. The average molecular weight is 498 g/mol. The number of hydrogen-bond donors (Lipinski definition) is 0. The molecule has 0 spiro atoms. The third-order valence-electron chi connectivity index (χ3n) is 8.23. The van der Waals surface area contributed by atoms with Crippen molar-refractivity contribution in [2.75, 3.05) is 9.80 Å². The van der Waals surface area contributed by atoms with Crippen LogP contribution >= 0.6 is 0 Å². The summed E-state index contributed by atoms with van der Waals surface area (Å²) in [6.07, 6.45) is 0. The predicted octanol–water partition coefficient (Wildman–Crippen LogP) is 7.95. The molecule has 4 heterocycles. The van der Waals surface area contributed by atoms with E-state index in [2.05, 4.69) is 158 Å². The van der Waals surface area contributed by atoms with E-state index in [1.807, 2.05) is 0 Å². The summed E-state index contributed by atoms with van der Waals surface area (Å²) < 4.78 is 5.07. The highest BCUT2D eigenvalue weighted by Gasteiger charge is 2.45. The Kier molecular flexibility index (Phi) is 4.11. The van der Waals surface area contributed by atoms with Gasteiger partial charge in [0.05, 0.1) is 0 Å². The van der Waals surface area contributed by atoms with E-state index >= 15 is 0 Å². The van der Waals surface area contributed by atoms with Crippen molar-refractivity contribution in [1.29, 1.82) is 0 Å². The maximum atomic E-state index is 2.53. The Hall–Kier alpha value is -5.16. The van der Waals surface area contributed by atoms with Crippen LogP contribution in [-0.2, 0) is 0 Å². The number of hydrogen-bond acceptors (Lipinski definition) is 2. The van der Waals surface area contributed by atoms with Crippen molar-refractivity contribution in [1.82, 2.24) is 8.96 Å². The van der Waals surface area contributed by atoms with Gasteiger partial charge in [0.25, 0.3) is 0 Å². The smallest absolute Gasteiger partial charge is 0.347 e. The van der Waals surface area contributed by atoms with Crippen molar-refractivity contribution in [2.45, 2.75) is 0 Å². The molecule has 0 radical (unpaired) electrons. The van der Waals surface area contributed by atoms with Crippen molar-refractivity contribution >= 4 is 68.6 Å². The Morgan fingerprint density at radius 3 is 1.33 bits per heavy atom. The summed E-state index contributed by atoms with van der Waals surface area (Å²) in [5.41, 5.74) is 8.50. The third-order valence-corrected chi connectivity index (χ3v) is 8.23. The molecule has 2 aliphatic heterocycles. The third kappa shape index (κ3) is 2.74. The molecule has 4 nitrogen and oxygen atoms in total. The fraction of sp³-hybridized carbons (Fsp3) is 0. The molecule has 2 aliphatic rings. The summed E-state index contributed by atoms with van der Waals surface area (Å²) in [5, 5.41) is 2.48. The summed E-state index contributed by atoms with van der Waals surface area (Å²) in [5.74, 6) is 2.35. The summed E-state index contributed by atoms with van der Waals surface area (Å²) in [4.78, 5) is 4.85. The molecule has 0 amide bonds. The molecule has 182 valence electrons. The molecule has 5 aromatic carbocycles. The van der Waals surface area contributed by atoms with Crippen LogP contribution in [0.1, 0.15) is 0 Å². The minimum atomic E-state index is -0.0269. The maximum Gasteiger partial charge on any atom is 0.427 e. The van der Waals surface area contributed by atoms with Gasteiger partial charge < -0.3 is 8.96 Å². The number of nitrogens with zero attached hydrogens (tertiary/aromatic N) is 4. The Bertz CT molecular complexity index is 1900. The summed E-state index contributed by atoms with van der Waals surface area (Å²) >= 11 is 0. The molecule has 0 saturated carbocycles. The number of rotatable bonds is 2. The van der Waals surface area contributed by atoms with Gasteiger partial charge in [-0.1, -0.05) is 78.9 Å². The number of aromatic nitrogens is 2. The van der Waals surface area contributed by atoms with Crippen molar-refractivity contribution in [3.8, 4) is 0 Å². The van der Waals surface area contributed by atoms with Gasteiger partial charge in [-0.3, -0.25) is 9.80 Å². The van der Waals surface area contributed by atoms with Crippen LogP contribution in [0.4, 0.5) is 34.4 Å². The van der Waals surface area contributed by atoms with Gasteiger partial charge in [0.2, 0.25) is 0 Å². The number of para-hydroxylation sites is 4. The van der Waals surface area contributed by atoms with Crippen molar-refractivity contribution in [3.63, 3.8) is 0 Å². The number of anilines is 6. The summed E-state index contributed by atoms with van der Waals surface area (Å²) in [6, 6.07) is 50.4. The van der Waals surface area contributed by atoms with E-state index in [4.69, 9.17) is 0 Å². The normalized spacial score (nSPS) is 13.5. The van der Waals surface area contributed by atoms with E-state index in [0.717, 1.165) is 11.4 Å². The Morgan fingerprint density at radius 1 is 0.410 bits per heavy atom. The van der Waals surface area contributed by atoms with E-state index in [9.17, 15) is 0 Å². The fourth-order valence-corrected chi connectivity index (χ4v) is 6.69. The molecule has 0 fully saturated rings. The highest BCUT2D eigenvalue weighted by molar-refractivity contribution is 6.77. The largest absolute Gasteiger partial charge is 0.427 e. The molecular weight excluding hydrogens is 475 g/mol. The lowest BCUT2D eigenvalue weighted by Gasteiger charge is -2.43. The number of fused-ring (bicyclic) bond motifs is 8. The van der Waals surface area contributed by atoms with Gasteiger partial charge in [0.1, 0.15) is 11.6 Å². The first-order valence-electron chi connectivity index (χ1n) is 13.4. The molecule has 7 aromatic rings. The van der Waals surface area contributed by atoms with Gasteiger partial charge >= 0.3 is 6.98 Å². The zero-order valence-electron chi connectivity index (χ0n) is 21.1. The van der Waals surface area contributed by atoms with Crippen LogP contribution in [-0.4, -0.2) is 15.9 Å². The molecule has 9 rings (SSSR count). The van der Waals surface area contributed by atoms with E-state index < -0.39 is 0 Å². The summed E-state index contributed by atoms with van der Waals surface area (Å²) in [7, 11) is 0. The molecule has 0 unspecified atom stereocenters. The van der Waals surface area contributed by atoms with E-state index in [0.29, 0.717) is 0 Å². The summed E-state index contributed by atoms with van der Waals surface area (Å²) in [6.45, 7) is -0.0269. The van der Waals surface area contributed by atoms with Gasteiger partial charge in [0.15, 0.2) is 0 Å². The molecule has 0 N–H and O–H groups in total. The van der Waals surface area contributed by atoms with Gasteiger partial charge in [-0.05, 0) is 60.7 Å². The first kappa shape index (κ1) is 20.9. The van der Waals surface area contributed by atoms with E-state index in [1.165, 1.54) is 50.3 Å². The van der Waals surface area contributed by atoms with Crippen molar-refractivity contribution in [3.05, 3.63) is 140 Å². The molecule has 0 saturated heterocycles. The van der Waals surface area contributed by atoms with Crippen molar-refractivity contribution in [2.24, 2.45) is 0 Å². The van der Waals surface area contributed by atoms with Crippen LogP contribution in [0.3, 0.4) is 0 Å². The topological polar surface area (TPSA) is 16.3 Å². The van der Waals surface area contributed by atoms with Crippen LogP contribution in [0, 0.1) is 0 Å². The average Bonchev–Trinajstić information content (AvgIpc) is 3.57. The molecule has 39 heavy (non-hydrogen) atoms. The molecule has 0 aliphatic carbocycles. The van der Waals surface area contributed by atoms with Gasteiger partial charge in [-0.15, -0.1) is 0 Å². The Morgan fingerprint density at radius 2 is 0.846 bits per heavy atom. The predicted molar refractivity (Wildman–Crippen MR) is 163 cm³/mol. The van der Waals surface area contributed by atoms with E-state index in [1.54, 1.807) is 0 Å². The monoisotopic (exact) mass is 498 g/mol. The molecule has 5 heteroatoms. The molecule has 0 bridgehead atoms. The lowest BCUT2D eigenvalue weighted by Crippen LogP contribution is -2.55. The quantitative estimate of drug-likeness (QED) is 0.225. The first-order chi connectivity index (χ1) is 19.4. The number of benzene rings is 5. The molecule has 2 aromatic heterocycles.